The number of nitrogens with zero attached hydrogens (tertiary/aromatic N) is 1. The van der Waals surface area contributed by atoms with Gasteiger partial charge in [-0.05, 0) is 66.1 Å². The molecular formula is C44H73NO13. The Kier molecular flexibility index (Phi) is 19.5. The molecule has 0 amide bonds. The van der Waals surface area contributed by atoms with Gasteiger partial charge in [-0.15, -0.1) is 0 Å². The van der Waals surface area contributed by atoms with E-state index in [9.17, 15) is 19.8 Å². The van der Waals surface area contributed by atoms with E-state index >= 15 is 0 Å². The summed E-state index contributed by atoms with van der Waals surface area (Å²) in [4.78, 5) is 29.7. The third-order valence-electron chi connectivity index (χ3n) is 12.5. The van der Waals surface area contributed by atoms with Crippen molar-refractivity contribution in [2.75, 3.05) is 54.7 Å². The Morgan fingerprint density at radius 1 is 0.862 bits per heavy atom. The van der Waals surface area contributed by atoms with Crippen LogP contribution in [0.3, 0.4) is 0 Å². The molecule has 2 bridgehead atoms. The zero-order valence-corrected chi connectivity index (χ0v) is 36.7. The molecule has 0 radical (unpaired) electrons. The summed E-state index contributed by atoms with van der Waals surface area (Å²) < 4.78 is 56.0. The van der Waals surface area contributed by atoms with E-state index in [4.69, 9.17) is 42.6 Å². The number of methoxy groups -OCH3 is 2. The summed E-state index contributed by atoms with van der Waals surface area (Å²) in [5.74, 6) is -1.93. The fourth-order valence-electron chi connectivity index (χ4n) is 8.81. The Morgan fingerprint density at radius 3 is 2.22 bits per heavy atom. The fourth-order valence-corrected chi connectivity index (χ4v) is 8.81. The van der Waals surface area contributed by atoms with Crippen LogP contribution in [-0.2, 0) is 52.2 Å². The van der Waals surface area contributed by atoms with Crippen molar-refractivity contribution < 1.29 is 62.4 Å². The minimum Gasteiger partial charge on any atom is -0.462 e. The fraction of sp³-hybridized carbons (Fsp3) is 0.818. The molecule has 58 heavy (non-hydrogen) atoms. The zero-order valence-electron chi connectivity index (χ0n) is 36.7. The molecular weight excluding hydrogens is 750 g/mol. The number of aliphatic hydroxyl groups is 2. The summed E-state index contributed by atoms with van der Waals surface area (Å²) in [6.07, 6.45) is 3.13. The maximum Gasteiger partial charge on any atom is 0.308 e. The number of hydrogen-bond donors (Lipinski definition) is 2. The van der Waals surface area contributed by atoms with Gasteiger partial charge in [-0.2, -0.15) is 0 Å². The Balaban J connectivity index is 1.71. The van der Waals surface area contributed by atoms with Crippen LogP contribution in [0.2, 0.25) is 0 Å². The maximum atomic E-state index is 14.1. The molecule has 0 saturated carbocycles. The van der Waals surface area contributed by atoms with E-state index in [0.717, 1.165) is 5.57 Å². The van der Waals surface area contributed by atoms with Crippen molar-refractivity contribution in [3.8, 4) is 0 Å². The monoisotopic (exact) mass is 824 g/mol. The molecule has 0 aliphatic carbocycles. The minimum atomic E-state index is -1.19. The summed E-state index contributed by atoms with van der Waals surface area (Å²) >= 11 is 0. The highest BCUT2D eigenvalue weighted by Crippen LogP contribution is 2.36. The quantitative estimate of drug-likeness (QED) is 0.251. The molecule has 332 valence electrons. The summed E-state index contributed by atoms with van der Waals surface area (Å²) in [6.45, 7) is 14.7. The van der Waals surface area contributed by atoms with E-state index in [1.165, 1.54) is 0 Å². The summed E-state index contributed by atoms with van der Waals surface area (Å²) in [5, 5.41) is 22.5. The Labute approximate surface area is 346 Å². The number of cyclic esters (lactones) is 1. The highest BCUT2D eigenvalue weighted by atomic mass is 16.7. The van der Waals surface area contributed by atoms with Crippen molar-refractivity contribution in [2.24, 2.45) is 29.6 Å². The number of fused-ring (bicyclic) bond motifs is 3. The predicted molar refractivity (Wildman–Crippen MR) is 217 cm³/mol. The number of rotatable bonds is 9. The van der Waals surface area contributed by atoms with Crippen molar-refractivity contribution in [1.82, 2.24) is 4.90 Å². The van der Waals surface area contributed by atoms with Crippen molar-refractivity contribution in [1.29, 1.82) is 0 Å². The second-order valence-electron chi connectivity index (χ2n) is 17.0. The van der Waals surface area contributed by atoms with Crippen LogP contribution < -0.4 is 0 Å². The molecule has 2 saturated heterocycles. The molecule has 2 fully saturated rings. The summed E-state index contributed by atoms with van der Waals surface area (Å²) in [6, 6.07) is -0.655. The van der Waals surface area contributed by atoms with E-state index in [-0.39, 0.29) is 49.5 Å². The minimum absolute atomic E-state index is 0.0501. The number of ether oxygens (including phenoxy) is 9. The molecule has 0 aromatic rings. The smallest absolute Gasteiger partial charge is 0.308 e. The van der Waals surface area contributed by atoms with Gasteiger partial charge in [0, 0.05) is 44.5 Å². The molecule has 0 spiro atoms. The van der Waals surface area contributed by atoms with Gasteiger partial charge in [-0.25, -0.2) is 0 Å². The number of allylic oxidation sites excluding steroid dienone is 3. The van der Waals surface area contributed by atoms with Crippen molar-refractivity contribution in [2.45, 2.75) is 148 Å². The van der Waals surface area contributed by atoms with Crippen LogP contribution in [0.4, 0.5) is 0 Å². The first-order valence-corrected chi connectivity index (χ1v) is 21.2. The van der Waals surface area contributed by atoms with Crippen LogP contribution in [0, 0.1) is 29.6 Å². The number of hydrogen-bond acceptors (Lipinski definition) is 14. The van der Waals surface area contributed by atoms with Gasteiger partial charge in [-0.1, -0.05) is 57.6 Å². The highest BCUT2D eigenvalue weighted by molar-refractivity contribution is 5.91. The first kappa shape index (κ1) is 48.6. The lowest BCUT2D eigenvalue weighted by molar-refractivity contribution is -0.305. The van der Waals surface area contributed by atoms with Gasteiger partial charge < -0.3 is 57.7 Å². The SMILES string of the molecule is CC[C@H]1OC(=O)C[C@H]2OC/C=C/COCC[C@@H](C[C@@H](C)C(=O)/C=C/C(C)=C/[C@@H]1CO[C@@H]1OC(C)[C@@H](C)[C@H](OC)C1OC)[C@H](O[C@@H]1OC(C)[C@@H](O)C(N(C)C)C1O)[C@H]2C. The number of carbonyl (C=O) groups is 2. The number of esters is 1. The number of ketones is 1. The second kappa shape index (κ2) is 23.2. The zero-order chi connectivity index (χ0) is 42.7. The molecule has 4 heterocycles. The number of carbonyl (C=O) groups excluding carboxylic acids is 2. The van der Waals surface area contributed by atoms with Gasteiger partial charge >= 0.3 is 5.97 Å². The lowest BCUT2D eigenvalue weighted by Gasteiger charge is -2.47. The molecule has 17 atom stereocenters. The molecule has 14 heteroatoms. The Morgan fingerprint density at radius 2 is 1.55 bits per heavy atom. The molecule has 5 unspecified atom stereocenters. The van der Waals surface area contributed by atoms with Crippen LogP contribution >= 0.6 is 0 Å². The van der Waals surface area contributed by atoms with Gasteiger partial charge in [0.05, 0.1) is 68.9 Å². The lowest BCUT2D eigenvalue weighted by Crippen LogP contribution is -2.63. The van der Waals surface area contributed by atoms with E-state index in [1.54, 1.807) is 52.3 Å². The van der Waals surface area contributed by atoms with E-state index < -0.39 is 85.1 Å². The Hall–Kier alpha value is -2.08. The van der Waals surface area contributed by atoms with Crippen LogP contribution in [0.25, 0.3) is 0 Å². The van der Waals surface area contributed by atoms with Crippen LogP contribution in [-0.4, -0.2) is 155 Å². The topological polar surface area (TPSA) is 161 Å². The average Bonchev–Trinajstić information content (AvgIpc) is 3.18. The van der Waals surface area contributed by atoms with Crippen molar-refractivity contribution in [3.63, 3.8) is 0 Å². The Bertz CT molecular complexity index is 1370. The van der Waals surface area contributed by atoms with Gasteiger partial charge in [-0.3, -0.25) is 9.59 Å². The van der Waals surface area contributed by atoms with Gasteiger partial charge in [0.15, 0.2) is 18.4 Å². The molecule has 4 aliphatic rings. The van der Waals surface area contributed by atoms with Gasteiger partial charge in [0.2, 0.25) is 0 Å². The van der Waals surface area contributed by atoms with E-state index in [0.29, 0.717) is 32.5 Å². The lowest BCUT2D eigenvalue weighted by atomic mass is 9.79. The van der Waals surface area contributed by atoms with Gasteiger partial charge in [0.25, 0.3) is 0 Å². The summed E-state index contributed by atoms with van der Waals surface area (Å²) in [7, 11) is 6.84. The average molecular weight is 824 g/mol. The molecule has 0 aromatic carbocycles. The predicted octanol–water partition coefficient (Wildman–Crippen LogP) is 4.25. The van der Waals surface area contributed by atoms with E-state index in [1.807, 2.05) is 52.8 Å². The molecule has 2 N–H and O–H groups in total. The van der Waals surface area contributed by atoms with E-state index in [2.05, 4.69) is 6.92 Å². The van der Waals surface area contributed by atoms with Crippen LogP contribution in [0.5, 0.6) is 0 Å². The standard InChI is InChI=1S/C44H73NO13/c1-12-34-32(24-54-44-42(51-11)41(50-10)27(4)29(6)55-44)21-25(2)15-16-33(46)26(3)22-31-17-20-52-18-13-14-19-53-35(23-36(47)57-34)28(5)40(31)58-43-39(49)37(45(8)9)38(48)30(7)56-43/h13-16,21,26-32,34-35,37-44,48-49H,12,17-20,22-24H2,1-11H3/b14-13+,16-15+,25-21+/t26-,27-,28+,29?,30?,31+,32-,34-,35-,37?,38-,39?,40-,41+,42?,43+,44-/m1/s1. The maximum absolute atomic E-state index is 14.1. The number of aliphatic hydroxyl groups excluding tert-OH is 2. The number of likely N-dealkylation sites (N-methyl/N-ethyl adjacent to an activating group) is 1. The third kappa shape index (κ3) is 12.7. The molecule has 14 nitrogen and oxygen atoms in total. The van der Waals surface area contributed by atoms with Crippen molar-refractivity contribution >= 4 is 11.8 Å². The second-order valence-corrected chi connectivity index (χ2v) is 17.0. The van der Waals surface area contributed by atoms with Gasteiger partial charge in [0.1, 0.15) is 18.3 Å². The highest BCUT2D eigenvalue weighted by Gasteiger charge is 2.48. The normalized spacial score (nSPS) is 43.8. The summed E-state index contributed by atoms with van der Waals surface area (Å²) in [5.41, 5.74) is 0.811. The van der Waals surface area contributed by atoms with Crippen LogP contribution in [0.15, 0.2) is 36.0 Å². The molecule has 4 rings (SSSR count). The molecule has 4 aliphatic heterocycles. The first-order valence-electron chi connectivity index (χ1n) is 21.2. The van der Waals surface area contributed by atoms with Crippen molar-refractivity contribution in [3.05, 3.63) is 36.0 Å². The third-order valence-corrected chi connectivity index (χ3v) is 12.5. The largest absolute Gasteiger partial charge is 0.462 e. The molecule has 0 aromatic heterocycles. The first-order chi connectivity index (χ1) is 27.6. The van der Waals surface area contributed by atoms with Crippen LogP contribution in [0.1, 0.15) is 74.1 Å².